The Balaban J connectivity index is 0.00000225. The second kappa shape index (κ2) is 8.25. The summed E-state index contributed by atoms with van der Waals surface area (Å²) in [5.74, 6) is 2.71. The lowest BCUT2D eigenvalue weighted by molar-refractivity contribution is 0.0709. The summed E-state index contributed by atoms with van der Waals surface area (Å²) in [5.41, 5.74) is 3.09. The number of nitrogens with one attached hydrogen (secondary N) is 1. The summed E-state index contributed by atoms with van der Waals surface area (Å²) < 4.78 is 4.52. The van der Waals surface area contributed by atoms with E-state index < -0.39 is 0 Å². The van der Waals surface area contributed by atoms with Crippen molar-refractivity contribution in [2.75, 3.05) is 19.6 Å². The minimum absolute atomic E-state index is 0. The molecular weight excluding hydrogens is 376 g/mol. The zero-order chi connectivity index (χ0) is 19.1. The first-order valence-corrected chi connectivity index (χ1v) is 10.1. The highest BCUT2D eigenvalue weighted by Gasteiger charge is 2.30. The summed E-state index contributed by atoms with van der Waals surface area (Å²) in [7, 11) is 0. The molecular formula is C20H31ClN6O. The van der Waals surface area contributed by atoms with E-state index in [0.717, 1.165) is 74.2 Å². The maximum Gasteiger partial charge on any atom is 0.255 e. The van der Waals surface area contributed by atoms with Gasteiger partial charge in [0.05, 0.1) is 12.1 Å². The molecule has 0 aromatic carbocycles. The molecule has 2 aromatic rings. The number of likely N-dealkylation sites (tertiary alicyclic amines) is 1. The minimum Gasteiger partial charge on any atom is -0.346 e. The van der Waals surface area contributed by atoms with Gasteiger partial charge in [-0.25, -0.2) is 0 Å². The van der Waals surface area contributed by atoms with Gasteiger partial charge in [0, 0.05) is 49.5 Å². The van der Waals surface area contributed by atoms with Crippen molar-refractivity contribution in [1.82, 2.24) is 29.5 Å². The smallest absolute Gasteiger partial charge is 0.255 e. The number of carbonyl (C=O) groups excluding carboxylic acids is 1. The quantitative estimate of drug-likeness (QED) is 0.851. The van der Waals surface area contributed by atoms with E-state index in [2.05, 4.69) is 52.3 Å². The van der Waals surface area contributed by atoms with Crippen LogP contribution < -0.4 is 5.32 Å². The monoisotopic (exact) mass is 406 g/mol. The van der Waals surface area contributed by atoms with E-state index in [0.29, 0.717) is 12.0 Å². The average Bonchev–Trinajstić information content (AvgIpc) is 3.22. The van der Waals surface area contributed by atoms with E-state index in [-0.39, 0.29) is 18.3 Å². The van der Waals surface area contributed by atoms with Crippen molar-refractivity contribution in [2.45, 2.75) is 65.6 Å². The van der Waals surface area contributed by atoms with E-state index in [4.69, 9.17) is 0 Å². The molecule has 154 valence electrons. The topological polar surface area (TPSA) is 68.0 Å². The number of hydrogen-bond donors (Lipinski definition) is 1. The molecule has 1 amide bonds. The van der Waals surface area contributed by atoms with Gasteiger partial charge in [-0.3, -0.25) is 4.79 Å². The van der Waals surface area contributed by atoms with Crippen molar-refractivity contribution < 1.29 is 4.79 Å². The van der Waals surface area contributed by atoms with Gasteiger partial charge in [-0.1, -0.05) is 0 Å². The van der Waals surface area contributed by atoms with Gasteiger partial charge in [-0.15, -0.1) is 22.6 Å². The van der Waals surface area contributed by atoms with Crippen LogP contribution in [0.15, 0.2) is 6.07 Å². The van der Waals surface area contributed by atoms with Gasteiger partial charge in [0.25, 0.3) is 5.91 Å². The molecule has 0 radical (unpaired) electrons. The number of halogens is 1. The number of piperidine rings is 1. The lowest BCUT2D eigenvalue weighted by Gasteiger charge is -2.32. The summed E-state index contributed by atoms with van der Waals surface area (Å²) in [6, 6.07) is 2.41. The van der Waals surface area contributed by atoms with E-state index in [9.17, 15) is 4.79 Å². The number of aryl methyl sites for hydroxylation is 1. The predicted octanol–water partition coefficient (Wildman–Crippen LogP) is 2.82. The van der Waals surface area contributed by atoms with Crippen molar-refractivity contribution in [3.63, 3.8) is 0 Å². The van der Waals surface area contributed by atoms with Crippen molar-refractivity contribution >= 4 is 18.3 Å². The zero-order valence-corrected chi connectivity index (χ0v) is 18.1. The number of nitrogens with zero attached hydrogens (tertiary/aromatic N) is 5. The SMILES string of the molecule is Cc1cc(C(=O)N2CCC(c3nnc4n3CCNC4)CC2)c(C)n1C(C)C.Cl. The Morgan fingerprint density at radius 2 is 1.89 bits per heavy atom. The molecule has 1 N–H and O–H groups in total. The van der Waals surface area contributed by atoms with Crippen LogP contribution in [0.1, 0.15) is 72.0 Å². The standard InChI is InChI=1S/C20H30N6O.ClH/c1-13(2)26-14(3)11-17(15(26)4)20(27)24-8-5-16(6-9-24)19-23-22-18-12-21-7-10-25(18)19;/h11,13,16,21H,5-10,12H2,1-4H3;1H. The van der Waals surface area contributed by atoms with E-state index in [1.807, 2.05) is 11.0 Å². The molecule has 1 saturated heterocycles. The lowest BCUT2D eigenvalue weighted by atomic mass is 9.95. The van der Waals surface area contributed by atoms with Gasteiger partial charge in [-0.05, 0) is 46.6 Å². The molecule has 4 heterocycles. The highest BCUT2D eigenvalue weighted by atomic mass is 35.5. The Kier molecular flexibility index (Phi) is 6.15. The molecule has 0 spiro atoms. The number of hydrogen-bond acceptors (Lipinski definition) is 4. The largest absolute Gasteiger partial charge is 0.346 e. The number of fused-ring (bicyclic) bond motifs is 1. The van der Waals surface area contributed by atoms with Crippen LogP contribution in [0.5, 0.6) is 0 Å². The summed E-state index contributed by atoms with van der Waals surface area (Å²) in [6.07, 6.45) is 1.92. The Morgan fingerprint density at radius 3 is 2.54 bits per heavy atom. The number of carbonyl (C=O) groups is 1. The second-order valence-electron chi connectivity index (χ2n) is 8.12. The summed E-state index contributed by atoms with van der Waals surface area (Å²) in [5, 5.41) is 12.1. The minimum atomic E-state index is 0. The van der Waals surface area contributed by atoms with Crippen LogP contribution >= 0.6 is 12.4 Å². The highest BCUT2D eigenvalue weighted by molar-refractivity contribution is 5.95. The number of rotatable bonds is 3. The van der Waals surface area contributed by atoms with Crippen LogP contribution in [-0.2, 0) is 13.1 Å². The van der Waals surface area contributed by atoms with Crippen molar-refractivity contribution in [3.05, 3.63) is 34.7 Å². The molecule has 2 aromatic heterocycles. The molecule has 0 aliphatic carbocycles. The maximum atomic E-state index is 13.1. The Hall–Kier alpha value is -1.86. The van der Waals surface area contributed by atoms with Crippen LogP contribution in [0, 0.1) is 13.8 Å². The third-order valence-electron chi connectivity index (χ3n) is 6.03. The fourth-order valence-electron chi connectivity index (χ4n) is 4.72. The maximum absolute atomic E-state index is 13.1. The summed E-state index contributed by atoms with van der Waals surface area (Å²) >= 11 is 0. The normalized spacial score (nSPS) is 17.5. The zero-order valence-electron chi connectivity index (χ0n) is 17.2. The fraction of sp³-hybridized carbons (Fsp3) is 0.650. The first kappa shape index (κ1) is 20.9. The van der Waals surface area contributed by atoms with Crippen molar-refractivity contribution in [3.8, 4) is 0 Å². The van der Waals surface area contributed by atoms with E-state index in [1.165, 1.54) is 0 Å². The van der Waals surface area contributed by atoms with Gasteiger partial charge >= 0.3 is 0 Å². The first-order chi connectivity index (χ1) is 13.0. The fourth-order valence-corrected chi connectivity index (χ4v) is 4.72. The molecule has 0 unspecified atom stereocenters. The van der Waals surface area contributed by atoms with Gasteiger partial charge in [-0.2, -0.15) is 0 Å². The molecule has 8 heteroatoms. The first-order valence-electron chi connectivity index (χ1n) is 10.1. The lowest BCUT2D eigenvalue weighted by Crippen LogP contribution is -2.39. The highest BCUT2D eigenvalue weighted by Crippen LogP contribution is 2.29. The Bertz CT molecular complexity index is 847. The molecule has 2 aliphatic rings. The Labute approximate surface area is 172 Å². The number of aromatic nitrogens is 4. The molecule has 0 atom stereocenters. The van der Waals surface area contributed by atoms with Crippen LogP contribution in [-0.4, -0.2) is 49.8 Å². The van der Waals surface area contributed by atoms with Crippen LogP contribution in [0.3, 0.4) is 0 Å². The van der Waals surface area contributed by atoms with Crippen LogP contribution in [0.4, 0.5) is 0 Å². The Morgan fingerprint density at radius 1 is 1.18 bits per heavy atom. The van der Waals surface area contributed by atoms with E-state index in [1.54, 1.807) is 0 Å². The molecule has 1 fully saturated rings. The molecule has 7 nitrogen and oxygen atoms in total. The summed E-state index contributed by atoms with van der Waals surface area (Å²) in [4.78, 5) is 15.1. The van der Waals surface area contributed by atoms with Gasteiger partial charge in [0.2, 0.25) is 0 Å². The van der Waals surface area contributed by atoms with Crippen molar-refractivity contribution in [2.24, 2.45) is 0 Å². The predicted molar refractivity (Wildman–Crippen MR) is 111 cm³/mol. The van der Waals surface area contributed by atoms with Crippen molar-refractivity contribution in [1.29, 1.82) is 0 Å². The average molecular weight is 407 g/mol. The molecule has 4 rings (SSSR count). The molecule has 2 aliphatic heterocycles. The van der Waals surface area contributed by atoms with Crippen LogP contribution in [0.25, 0.3) is 0 Å². The van der Waals surface area contributed by atoms with Crippen LogP contribution in [0.2, 0.25) is 0 Å². The van der Waals surface area contributed by atoms with E-state index >= 15 is 0 Å². The third kappa shape index (κ3) is 3.57. The van der Waals surface area contributed by atoms with Gasteiger partial charge < -0.3 is 19.4 Å². The van der Waals surface area contributed by atoms with Gasteiger partial charge in [0.1, 0.15) is 11.6 Å². The second-order valence-corrected chi connectivity index (χ2v) is 8.12. The third-order valence-corrected chi connectivity index (χ3v) is 6.03. The number of amides is 1. The molecule has 28 heavy (non-hydrogen) atoms. The molecule has 0 saturated carbocycles. The summed E-state index contributed by atoms with van der Waals surface area (Å²) in [6.45, 7) is 12.8. The molecule has 0 bridgehead atoms. The van der Waals surface area contributed by atoms with Gasteiger partial charge in [0.15, 0.2) is 0 Å².